The van der Waals surface area contributed by atoms with Gasteiger partial charge in [0.2, 0.25) is 10.0 Å². The highest BCUT2D eigenvalue weighted by Gasteiger charge is 2.14. The number of nitrogens with one attached hydrogen (secondary N) is 1. The van der Waals surface area contributed by atoms with E-state index in [4.69, 9.17) is 5.73 Å². The minimum atomic E-state index is -3.66. The lowest BCUT2D eigenvalue weighted by Crippen LogP contribution is -2.25. The van der Waals surface area contributed by atoms with E-state index in [1.807, 2.05) is 19.0 Å². The average Bonchev–Trinajstić information content (AvgIpc) is 2.31. The summed E-state index contributed by atoms with van der Waals surface area (Å²) in [5.74, 6) is -0.726. The topological polar surface area (TPSA) is 75.4 Å². The number of sulfonamides is 1. The Morgan fingerprint density at radius 2 is 2.00 bits per heavy atom. The SMILES string of the molecule is CN(C)CCCCNS(=O)(=O)c1ccc(N)c(F)c1. The number of unbranched alkanes of at least 4 members (excludes halogenated alkanes) is 1. The van der Waals surface area contributed by atoms with Crippen molar-refractivity contribution in [3.63, 3.8) is 0 Å². The summed E-state index contributed by atoms with van der Waals surface area (Å²) in [7, 11) is 0.260. The van der Waals surface area contributed by atoms with E-state index in [1.165, 1.54) is 12.1 Å². The highest BCUT2D eigenvalue weighted by Crippen LogP contribution is 2.15. The first kappa shape index (κ1) is 15.9. The van der Waals surface area contributed by atoms with Crippen LogP contribution in [0.2, 0.25) is 0 Å². The Morgan fingerprint density at radius 3 is 2.58 bits per heavy atom. The fourth-order valence-electron chi connectivity index (χ4n) is 1.52. The summed E-state index contributed by atoms with van der Waals surface area (Å²) in [6.07, 6.45) is 1.63. The van der Waals surface area contributed by atoms with Crippen LogP contribution in [0.1, 0.15) is 12.8 Å². The molecular formula is C12H20FN3O2S. The van der Waals surface area contributed by atoms with Gasteiger partial charge in [-0.3, -0.25) is 0 Å². The van der Waals surface area contributed by atoms with Crippen molar-refractivity contribution in [3.8, 4) is 0 Å². The third-order valence-corrected chi connectivity index (χ3v) is 4.07. The molecule has 0 aliphatic rings. The number of halogens is 1. The van der Waals surface area contributed by atoms with E-state index < -0.39 is 15.8 Å². The van der Waals surface area contributed by atoms with Crippen LogP contribution in [-0.2, 0) is 10.0 Å². The Hall–Kier alpha value is -1.18. The molecule has 0 radical (unpaired) electrons. The second kappa shape index (κ2) is 6.83. The maximum absolute atomic E-state index is 13.2. The molecule has 19 heavy (non-hydrogen) atoms. The maximum Gasteiger partial charge on any atom is 0.240 e. The molecule has 5 nitrogen and oxygen atoms in total. The molecule has 0 aromatic heterocycles. The van der Waals surface area contributed by atoms with E-state index in [1.54, 1.807) is 0 Å². The van der Waals surface area contributed by atoms with Gasteiger partial charge in [0.1, 0.15) is 5.82 Å². The highest BCUT2D eigenvalue weighted by atomic mass is 32.2. The van der Waals surface area contributed by atoms with Gasteiger partial charge in [0.05, 0.1) is 10.6 Å². The first-order valence-corrected chi connectivity index (χ1v) is 7.50. The van der Waals surface area contributed by atoms with Gasteiger partial charge in [-0.1, -0.05) is 0 Å². The first-order chi connectivity index (χ1) is 8.83. The molecule has 0 aliphatic heterocycles. The Morgan fingerprint density at radius 1 is 1.32 bits per heavy atom. The van der Waals surface area contributed by atoms with Crippen molar-refractivity contribution in [3.05, 3.63) is 24.0 Å². The molecule has 1 aromatic carbocycles. The normalized spacial score (nSPS) is 12.0. The number of hydrogen-bond donors (Lipinski definition) is 2. The summed E-state index contributed by atoms with van der Waals surface area (Å²) in [4.78, 5) is 1.93. The van der Waals surface area contributed by atoms with Crippen LogP contribution in [0.3, 0.4) is 0 Å². The molecule has 1 aromatic rings. The van der Waals surface area contributed by atoms with Gasteiger partial charge in [-0.25, -0.2) is 17.5 Å². The largest absolute Gasteiger partial charge is 0.396 e. The molecule has 1 rings (SSSR count). The molecule has 0 fully saturated rings. The zero-order valence-electron chi connectivity index (χ0n) is 11.2. The third kappa shape index (κ3) is 5.14. The number of anilines is 1. The van der Waals surface area contributed by atoms with Crippen molar-refractivity contribution in [2.24, 2.45) is 0 Å². The molecule has 0 spiro atoms. The zero-order valence-corrected chi connectivity index (χ0v) is 12.0. The van der Waals surface area contributed by atoms with Gasteiger partial charge >= 0.3 is 0 Å². The maximum atomic E-state index is 13.2. The van der Waals surface area contributed by atoms with E-state index in [2.05, 4.69) is 4.72 Å². The van der Waals surface area contributed by atoms with Gasteiger partial charge in [-0.05, 0) is 51.7 Å². The lowest BCUT2D eigenvalue weighted by Gasteiger charge is -2.10. The summed E-state index contributed by atoms with van der Waals surface area (Å²) >= 11 is 0. The van der Waals surface area contributed by atoms with Gasteiger partial charge in [0.15, 0.2) is 0 Å². The van der Waals surface area contributed by atoms with Crippen molar-refractivity contribution in [2.75, 3.05) is 32.9 Å². The Bertz CT molecular complexity index is 518. The molecule has 0 saturated heterocycles. The standard InChI is InChI=1S/C12H20FN3O2S/c1-16(2)8-4-3-7-15-19(17,18)10-5-6-12(14)11(13)9-10/h5-6,9,15H,3-4,7-8,14H2,1-2H3. The van der Waals surface area contributed by atoms with Crippen LogP contribution in [0.5, 0.6) is 0 Å². The first-order valence-electron chi connectivity index (χ1n) is 6.02. The Labute approximate surface area is 113 Å². The van der Waals surface area contributed by atoms with Crippen LogP contribution in [0, 0.1) is 5.82 Å². The lowest BCUT2D eigenvalue weighted by atomic mass is 10.3. The quantitative estimate of drug-likeness (QED) is 0.580. The van der Waals surface area contributed by atoms with Crippen LogP contribution in [0.4, 0.5) is 10.1 Å². The highest BCUT2D eigenvalue weighted by molar-refractivity contribution is 7.89. The Balaban J connectivity index is 2.54. The fourth-order valence-corrected chi connectivity index (χ4v) is 2.60. The van der Waals surface area contributed by atoms with Gasteiger partial charge < -0.3 is 10.6 Å². The van der Waals surface area contributed by atoms with Crippen LogP contribution in [0.15, 0.2) is 23.1 Å². The fraction of sp³-hybridized carbons (Fsp3) is 0.500. The molecule has 3 N–H and O–H groups in total. The van der Waals surface area contributed by atoms with Crippen LogP contribution in [0.25, 0.3) is 0 Å². The molecule has 0 unspecified atom stereocenters. The molecule has 0 heterocycles. The van der Waals surface area contributed by atoms with Gasteiger partial charge in [-0.15, -0.1) is 0 Å². The van der Waals surface area contributed by atoms with Gasteiger partial charge in [0, 0.05) is 6.54 Å². The van der Waals surface area contributed by atoms with E-state index in [9.17, 15) is 12.8 Å². The number of benzene rings is 1. The van der Waals surface area contributed by atoms with E-state index in [-0.39, 0.29) is 10.6 Å². The van der Waals surface area contributed by atoms with Gasteiger partial charge in [0.25, 0.3) is 0 Å². The van der Waals surface area contributed by atoms with Gasteiger partial charge in [-0.2, -0.15) is 0 Å². The minimum Gasteiger partial charge on any atom is -0.396 e. The van der Waals surface area contributed by atoms with Crippen molar-refractivity contribution < 1.29 is 12.8 Å². The van der Waals surface area contributed by atoms with E-state index >= 15 is 0 Å². The predicted octanol–water partition coefficient (Wildman–Crippen LogP) is 1.03. The predicted molar refractivity (Wildman–Crippen MR) is 73.8 cm³/mol. The minimum absolute atomic E-state index is 0.0649. The molecule has 0 saturated carbocycles. The summed E-state index contributed by atoms with van der Waals surface area (Å²) < 4.78 is 39.4. The molecular weight excluding hydrogens is 269 g/mol. The Kier molecular flexibility index (Phi) is 5.71. The number of nitrogens with two attached hydrogens (primary N) is 1. The molecule has 108 valence electrons. The third-order valence-electron chi connectivity index (χ3n) is 2.61. The second-order valence-corrected chi connectivity index (χ2v) is 6.36. The molecule has 0 aliphatic carbocycles. The summed E-state index contributed by atoms with van der Waals surface area (Å²) in [6, 6.07) is 3.47. The smallest absolute Gasteiger partial charge is 0.240 e. The summed E-state index contributed by atoms with van der Waals surface area (Å²) in [5, 5.41) is 0. The molecule has 7 heteroatoms. The number of rotatable bonds is 7. The molecule has 0 bridgehead atoms. The van der Waals surface area contributed by atoms with E-state index in [0.29, 0.717) is 6.54 Å². The number of nitrogens with zero attached hydrogens (tertiary/aromatic N) is 1. The average molecular weight is 289 g/mol. The van der Waals surface area contributed by atoms with Crippen molar-refractivity contribution in [1.29, 1.82) is 0 Å². The number of nitrogen functional groups attached to an aromatic ring is 1. The van der Waals surface area contributed by atoms with Crippen LogP contribution in [-0.4, -0.2) is 40.5 Å². The summed E-state index contributed by atoms with van der Waals surface area (Å²) in [6.45, 7) is 1.24. The van der Waals surface area contributed by atoms with E-state index in [0.717, 1.165) is 25.5 Å². The number of hydrogen-bond acceptors (Lipinski definition) is 4. The van der Waals surface area contributed by atoms with Crippen molar-refractivity contribution in [2.45, 2.75) is 17.7 Å². The molecule has 0 amide bonds. The lowest BCUT2D eigenvalue weighted by molar-refractivity contribution is 0.394. The molecule has 0 atom stereocenters. The van der Waals surface area contributed by atoms with Crippen LogP contribution >= 0.6 is 0 Å². The monoisotopic (exact) mass is 289 g/mol. The summed E-state index contributed by atoms with van der Waals surface area (Å²) in [5.41, 5.74) is 5.24. The van der Waals surface area contributed by atoms with Crippen molar-refractivity contribution >= 4 is 15.7 Å². The second-order valence-electron chi connectivity index (χ2n) is 4.59. The zero-order chi connectivity index (χ0) is 14.5. The van der Waals surface area contributed by atoms with Crippen LogP contribution < -0.4 is 10.5 Å². The van der Waals surface area contributed by atoms with Crippen molar-refractivity contribution in [1.82, 2.24) is 9.62 Å².